The molecular formula is C34H62O3S. The van der Waals surface area contributed by atoms with Gasteiger partial charge >= 0.3 is 0 Å². The molecule has 222 valence electrons. The zero-order valence-corrected chi connectivity index (χ0v) is 26.8. The first-order chi connectivity index (χ1) is 18.1. The van der Waals surface area contributed by atoms with E-state index < -0.39 is 10.1 Å². The fourth-order valence-electron chi connectivity index (χ4n) is 5.95. The van der Waals surface area contributed by atoms with E-state index in [2.05, 4.69) is 27.7 Å². The van der Waals surface area contributed by atoms with E-state index in [4.69, 9.17) is 4.18 Å². The maximum Gasteiger partial charge on any atom is 0.297 e. The summed E-state index contributed by atoms with van der Waals surface area (Å²) >= 11 is 0. The molecule has 38 heavy (non-hydrogen) atoms. The summed E-state index contributed by atoms with van der Waals surface area (Å²) in [6.07, 6.45) is 24.0. The number of benzene rings is 1. The Hall–Kier alpha value is -0.870. The third-order valence-corrected chi connectivity index (χ3v) is 9.43. The van der Waals surface area contributed by atoms with E-state index in [0.29, 0.717) is 11.8 Å². The van der Waals surface area contributed by atoms with Gasteiger partial charge in [-0.1, -0.05) is 142 Å². The molecule has 0 bridgehead atoms. The maximum atomic E-state index is 12.6. The molecule has 3 nitrogen and oxygen atoms in total. The fourth-order valence-corrected chi connectivity index (χ4v) is 7.05. The summed E-state index contributed by atoms with van der Waals surface area (Å²) in [5.74, 6) is 1.87. The van der Waals surface area contributed by atoms with Crippen LogP contribution in [0.15, 0.2) is 29.2 Å². The molecule has 0 saturated heterocycles. The number of aryl methyl sites for hydroxylation is 1. The van der Waals surface area contributed by atoms with E-state index in [1.165, 1.54) is 103 Å². The Labute approximate surface area is 238 Å². The highest BCUT2D eigenvalue weighted by Crippen LogP contribution is 2.27. The van der Waals surface area contributed by atoms with Gasteiger partial charge in [-0.05, 0) is 63.0 Å². The van der Waals surface area contributed by atoms with Crippen LogP contribution >= 0.6 is 0 Å². The Kier molecular flexibility index (Phi) is 19.4. The molecule has 4 heteroatoms. The highest BCUT2D eigenvalue weighted by molar-refractivity contribution is 7.86. The molecule has 0 N–H and O–H groups in total. The van der Waals surface area contributed by atoms with Crippen molar-refractivity contribution in [3.05, 3.63) is 29.8 Å². The fraction of sp³-hybridized carbons (Fsp3) is 0.824. The van der Waals surface area contributed by atoms with Crippen molar-refractivity contribution in [3.8, 4) is 0 Å². The van der Waals surface area contributed by atoms with Crippen LogP contribution < -0.4 is 0 Å². The summed E-state index contributed by atoms with van der Waals surface area (Å²) in [4.78, 5) is 0.244. The zero-order valence-electron chi connectivity index (χ0n) is 26.0. The van der Waals surface area contributed by atoms with Crippen LogP contribution in [0.2, 0.25) is 0 Å². The number of hydrogen-bond acceptors (Lipinski definition) is 3. The normalized spacial score (nSPS) is 15.3. The van der Waals surface area contributed by atoms with Crippen LogP contribution in [-0.4, -0.2) is 14.5 Å². The molecular weight excluding hydrogens is 488 g/mol. The molecule has 0 aliphatic carbocycles. The van der Waals surface area contributed by atoms with Crippen LogP contribution in [0, 0.1) is 24.7 Å². The summed E-state index contributed by atoms with van der Waals surface area (Å²) in [6.45, 7) is 13.1. The molecule has 1 aromatic carbocycles. The first-order valence-corrected chi connectivity index (χ1v) is 17.5. The third kappa shape index (κ3) is 17.7. The molecule has 0 heterocycles. The summed E-state index contributed by atoms with van der Waals surface area (Å²) in [7, 11) is -3.70. The highest BCUT2D eigenvalue weighted by atomic mass is 32.2. The second kappa shape index (κ2) is 21.0. The quantitative estimate of drug-likeness (QED) is 0.0949. The molecule has 4 atom stereocenters. The van der Waals surface area contributed by atoms with Crippen molar-refractivity contribution < 1.29 is 12.6 Å². The summed E-state index contributed by atoms with van der Waals surface area (Å²) in [5, 5.41) is 0. The lowest BCUT2D eigenvalue weighted by Gasteiger charge is -2.23. The summed E-state index contributed by atoms with van der Waals surface area (Å²) < 4.78 is 30.6. The van der Waals surface area contributed by atoms with Gasteiger partial charge in [0.1, 0.15) is 0 Å². The first-order valence-electron chi connectivity index (χ1n) is 16.1. The molecule has 0 spiro atoms. The van der Waals surface area contributed by atoms with Crippen molar-refractivity contribution in [2.45, 2.75) is 168 Å². The molecule has 0 aliphatic heterocycles. The Balaban J connectivity index is 2.07. The topological polar surface area (TPSA) is 43.4 Å². The largest absolute Gasteiger partial charge is 0.297 e. The lowest BCUT2D eigenvalue weighted by Crippen LogP contribution is -2.19. The van der Waals surface area contributed by atoms with Crippen molar-refractivity contribution in [1.29, 1.82) is 0 Å². The molecule has 0 unspecified atom stereocenters. The second-order valence-electron chi connectivity index (χ2n) is 12.6. The van der Waals surface area contributed by atoms with Crippen LogP contribution in [0.4, 0.5) is 0 Å². The number of rotatable bonds is 24. The van der Waals surface area contributed by atoms with Crippen molar-refractivity contribution in [2.24, 2.45) is 17.8 Å². The third-order valence-electron chi connectivity index (χ3n) is 7.99. The standard InChI is InChI=1S/C34H62O3S/c1-7-8-9-10-11-12-13-14-15-16-17-18-19-20-21-30(3)26-31(4)27-32(5)28-33(6)37-38(35,36)34-24-22-29(2)23-25-34/h22-25,30-33H,7-21,26-28H2,1-6H3/t30-,31-,32-,33+/m0/s1. The van der Waals surface area contributed by atoms with Gasteiger partial charge in [0.2, 0.25) is 0 Å². The lowest BCUT2D eigenvalue weighted by molar-refractivity contribution is 0.184. The predicted octanol–water partition coefficient (Wildman–Crippen LogP) is 11.0. The van der Waals surface area contributed by atoms with Gasteiger partial charge in [-0.15, -0.1) is 0 Å². The highest BCUT2D eigenvalue weighted by Gasteiger charge is 2.21. The Bertz CT molecular complexity index is 786. The predicted molar refractivity (Wildman–Crippen MR) is 165 cm³/mol. The van der Waals surface area contributed by atoms with Crippen LogP contribution in [0.25, 0.3) is 0 Å². The van der Waals surface area contributed by atoms with Gasteiger partial charge in [0, 0.05) is 0 Å². The summed E-state index contributed by atoms with van der Waals surface area (Å²) in [5.41, 5.74) is 1.04. The maximum absolute atomic E-state index is 12.6. The average Bonchev–Trinajstić information content (AvgIpc) is 2.83. The summed E-state index contributed by atoms with van der Waals surface area (Å²) in [6, 6.07) is 6.88. The van der Waals surface area contributed by atoms with Gasteiger partial charge < -0.3 is 0 Å². The van der Waals surface area contributed by atoms with Crippen LogP contribution in [0.5, 0.6) is 0 Å². The first kappa shape index (κ1) is 35.2. The van der Waals surface area contributed by atoms with E-state index in [9.17, 15) is 8.42 Å². The minimum absolute atomic E-state index is 0.244. The molecule has 1 rings (SSSR count). The number of unbranched alkanes of at least 4 members (excludes halogenated alkanes) is 13. The molecule has 0 amide bonds. The molecule has 0 aromatic heterocycles. The molecule has 0 radical (unpaired) electrons. The van der Waals surface area contributed by atoms with Crippen molar-refractivity contribution in [2.75, 3.05) is 0 Å². The minimum Gasteiger partial charge on any atom is -0.263 e. The number of hydrogen-bond donors (Lipinski definition) is 0. The Morgan fingerprint density at radius 2 is 1.03 bits per heavy atom. The van der Waals surface area contributed by atoms with E-state index in [1.54, 1.807) is 12.1 Å². The van der Waals surface area contributed by atoms with E-state index in [0.717, 1.165) is 24.3 Å². The smallest absolute Gasteiger partial charge is 0.263 e. The average molecular weight is 551 g/mol. The molecule has 0 fully saturated rings. The zero-order chi connectivity index (χ0) is 28.2. The Morgan fingerprint density at radius 3 is 1.53 bits per heavy atom. The SMILES string of the molecule is CCCCCCCCCCCCCCCC[C@H](C)C[C@H](C)C[C@H](C)C[C@@H](C)OS(=O)(=O)c1ccc(C)cc1. The van der Waals surface area contributed by atoms with Gasteiger partial charge in [0.25, 0.3) is 10.1 Å². The molecule has 0 saturated carbocycles. The van der Waals surface area contributed by atoms with Gasteiger partial charge in [-0.25, -0.2) is 0 Å². The molecule has 1 aromatic rings. The monoisotopic (exact) mass is 550 g/mol. The van der Waals surface area contributed by atoms with E-state index in [1.807, 2.05) is 26.0 Å². The lowest BCUT2D eigenvalue weighted by atomic mass is 9.86. The van der Waals surface area contributed by atoms with E-state index in [-0.39, 0.29) is 11.0 Å². The van der Waals surface area contributed by atoms with Crippen LogP contribution in [0.1, 0.15) is 156 Å². The molecule has 0 aliphatic rings. The van der Waals surface area contributed by atoms with Crippen molar-refractivity contribution in [3.63, 3.8) is 0 Å². The second-order valence-corrected chi connectivity index (χ2v) is 14.2. The van der Waals surface area contributed by atoms with Gasteiger partial charge in [0.05, 0.1) is 11.0 Å². The van der Waals surface area contributed by atoms with Crippen molar-refractivity contribution in [1.82, 2.24) is 0 Å². The Morgan fingerprint density at radius 1 is 0.605 bits per heavy atom. The van der Waals surface area contributed by atoms with Crippen LogP contribution in [-0.2, 0) is 14.3 Å². The minimum atomic E-state index is -3.70. The van der Waals surface area contributed by atoms with Crippen LogP contribution in [0.3, 0.4) is 0 Å². The van der Waals surface area contributed by atoms with Gasteiger partial charge in [-0.2, -0.15) is 8.42 Å². The van der Waals surface area contributed by atoms with Gasteiger partial charge in [0.15, 0.2) is 0 Å². The van der Waals surface area contributed by atoms with E-state index >= 15 is 0 Å². The van der Waals surface area contributed by atoms with Crippen molar-refractivity contribution >= 4 is 10.1 Å². The van der Waals surface area contributed by atoms with Gasteiger partial charge in [-0.3, -0.25) is 4.18 Å².